The number of ether oxygens (including phenoxy) is 2. The summed E-state index contributed by atoms with van der Waals surface area (Å²) in [5, 5.41) is 9.11. The lowest BCUT2D eigenvalue weighted by Crippen LogP contribution is -2.14. The molecule has 0 spiro atoms. The molecule has 0 aliphatic heterocycles. The Bertz CT molecular complexity index is 588. The molecule has 28 heavy (non-hydrogen) atoms. The van der Waals surface area contributed by atoms with E-state index in [9.17, 15) is 9.59 Å². The van der Waals surface area contributed by atoms with Crippen LogP contribution in [0.2, 0.25) is 0 Å². The Balaban J connectivity index is 2.04. The average molecular weight is 394 g/mol. The van der Waals surface area contributed by atoms with Gasteiger partial charge in [-0.05, 0) is 24.6 Å². The Morgan fingerprint density at radius 3 is 1.96 bits per heavy atom. The zero-order chi connectivity index (χ0) is 20.6. The Morgan fingerprint density at radius 2 is 1.43 bits per heavy atom. The minimum Gasteiger partial charge on any atom is -0.478 e. The smallest absolute Gasteiger partial charge is 0.478 e. The van der Waals surface area contributed by atoms with Gasteiger partial charge >= 0.3 is 12.1 Å². The number of carbonyl (C=O) groups excluding carboxylic acids is 1. The van der Waals surface area contributed by atoms with E-state index < -0.39 is 12.1 Å². The van der Waals surface area contributed by atoms with Gasteiger partial charge in [0.15, 0.2) is 0 Å². The summed E-state index contributed by atoms with van der Waals surface area (Å²) in [7, 11) is 0. The van der Waals surface area contributed by atoms with Gasteiger partial charge in [-0.3, -0.25) is 0 Å². The van der Waals surface area contributed by atoms with Crippen molar-refractivity contribution in [2.75, 3.05) is 12.3 Å². The fourth-order valence-corrected chi connectivity index (χ4v) is 3.02. The second-order valence-corrected chi connectivity index (χ2v) is 7.15. The topological polar surface area (TPSA) is 98.9 Å². The van der Waals surface area contributed by atoms with E-state index in [4.69, 9.17) is 20.3 Å². The molecule has 158 valence electrons. The highest BCUT2D eigenvalue weighted by molar-refractivity contribution is 5.92. The molecule has 0 aliphatic rings. The summed E-state index contributed by atoms with van der Waals surface area (Å²) in [4.78, 5) is 22.9. The lowest BCUT2D eigenvalue weighted by molar-refractivity contribution is 0.0689. The first kappa shape index (κ1) is 23.8. The molecule has 1 aromatic rings. The van der Waals surface area contributed by atoms with E-state index in [2.05, 4.69) is 6.92 Å². The predicted molar refractivity (Wildman–Crippen MR) is 111 cm³/mol. The van der Waals surface area contributed by atoms with Crippen LogP contribution in [0.3, 0.4) is 0 Å². The minimum absolute atomic E-state index is 0.0682. The van der Waals surface area contributed by atoms with Crippen LogP contribution in [0, 0.1) is 0 Å². The van der Waals surface area contributed by atoms with Gasteiger partial charge in [-0.2, -0.15) is 0 Å². The minimum atomic E-state index is -1.21. The number of unbranched alkanes of at least 4 members (excludes halogenated alkanes) is 11. The summed E-state index contributed by atoms with van der Waals surface area (Å²) in [6, 6.07) is 4.07. The molecule has 0 aliphatic carbocycles. The van der Waals surface area contributed by atoms with Crippen LogP contribution < -0.4 is 10.5 Å². The van der Waals surface area contributed by atoms with Gasteiger partial charge in [-0.1, -0.05) is 77.6 Å². The molecular formula is C22H35NO5. The molecule has 0 atom stereocenters. The fraction of sp³-hybridized carbons (Fsp3) is 0.636. The van der Waals surface area contributed by atoms with Crippen LogP contribution >= 0.6 is 0 Å². The maximum atomic E-state index is 11.7. The van der Waals surface area contributed by atoms with Crippen LogP contribution in [0.1, 0.15) is 94.3 Å². The summed E-state index contributed by atoms with van der Waals surface area (Å²) < 4.78 is 9.99. The normalized spacial score (nSPS) is 10.6. The highest BCUT2D eigenvalue weighted by Gasteiger charge is 2.15. The molecule has 0 radical (unpaired) electrons. The summed E-state index contributed by atoms with van der Waals surface area (Å²) in [5.74, 6) is -1.28. The molecule has 0 saturated carbocycles. The average Bonchev–Trinajstić information content (AvgIpc) is 2.66. The summed E-state index contributed by atoms with van der Waals surface area (Å²) in [6.45, 7) is 2.51. The number of carbonyl (C=O) groups is 2. The van der Waals surface area contributed by atoms with E-state index >= 15 is 0 Å². The van der Waals surface area contributed by atoms with Crippen molar-refractivity contribution >= 4 is 17.8 Å². The number of hydrogen-bond donors (Lipinski definition) is 2. The van der Waals surface area contributed by atoms with Crippen LogP contribution in [0.5, 0.6) is 5.75 Å². The highest BCUT2D eigenvalue weighted by atomic mass is 16.7. The van der Waals surface area contributed by atoms with E-state index in [1.807, 2.05) is 0 Å². The molecule has 1 aromatic carbocycles. The van der Waals surface area contributed by atoms with Gasteiger partial charge in [0.25, 0.3) is 0 Å². The number of rotatable bonds is 15. The zero-order valence-corrected chi connectivity index (χ0v) is 17.1. The molecule has 0 aromatic heterocycles. The number of hydrogen-bond acceptors (Lipinski definition) is 5. The summed E-state index contributed by atoms with van der Waals surface area (Å²) >= 11 is 0. The molecule has 0 heterocycles. The lowest BCUT2D eigenvalue weighted by atomic mass is 10.1. The Kier molecular flexibility index (Phi) is 12.6. The summed E-state index contributed by atoms with van der Waals surface area (Å²) in [6.07, 6.45) is 13.9. The van der Waals surface area contributed by atoms with E-state index in [0.717, 1.165) is 19.3 Å². The van der Waals surface area contributed by atoms with E-state index in [1.54, 1.807) is 0 Å². The van der Waals surface area contributed by atoms with Crippen LogP contribution in [-0.4, -0.2) is 23.8 Å². The Hall–Kier alpha value is -2.24. The maximum absolute atomic E-state index is 11.7. The number of aromatic carboxylic acids is 1. The van der Waals surface area contributed by atoms with Crippen molar-refractivity contribution in [2.45, 2.75) is 84.0 Å². The third kappa shape index (κ3) is 10.8. The first-order valence-corrected chi connectivity index (χ1v) is 10.5. The third-order valence-electron chi connectivity index (χ3n) is 4.65. The van der Waals surface area contributed by atoms with Crippen molar-refractivity contribution in [1.29, 1.82) is 0 Å². The van der Waals surface area contributed by atoms with Gasteiger partial charge in [0.2, 0.25) is 0 Å². The Labute approximate surface area is 168 Å². The van der Waals surface area contributed by atoms with Crippen LogP contribution in [0.25, 0.3) is 0 Å². The molecule has 0 unspecified atom stereocenters. The van der Waals surface area contributed by atoms with Crippen LogP contribution in [0.15, 0.2) is 18.2 Å². The SMILES string of the molecule is CCCCCCCCCCCCCCOC(=O)Oc1ccc(N)cc1C(=O)O. The Morgan fingerprint density at radius 1 is 0.893 bits per heavy atom. The van der Waals surface area contributed by atoms with Crippen LogP contribution in [-0.2, 0) is 4.74 Å². The number of nitrogen functional groups attached to an aromatic ring is 1. The zero-order valence-electron chi connectivity index (χ0n) is 17.1. The first-order chi connectivity index (χ1) is 13.5. The molecule has 0 fully saturated rings. The number of anilines is 1. The van der Waals surface area contributed by atoms with Gasteiger partial charge in [0, 0.05) is 5.69 Å². The molecule has 3 N–H and O–H groups in total. The second-order valence-electron chi connectivity index (χ2n) is 7.15. The van der Waals surface area contributed by atoms with Gasteiger partial charge in [-0.25, -0.2) is 9.59 Å². The quantitative estimate of drug-likeness (QED) is 0.160. The van der Waals surface area contributed by atoms with E-state index in [-0.39, 0.29) is 23.6 Å². The van der Waals surface area contributed by atoms with Gasteiger partial charge in [0.05, 0.1) is 6.61 Å². The highest BCUT2D eigenvalue weighted by Crippen LogP contribution is 2.22. The molecular weight excluding hydrogens is 358 g/mol. The third-order valence-corrected chi connectivity index (χ3v) is 4.65. The number of carboxylic acids is 1. The van der Waals surface area contributed by atoms with Crippen molar-refractivity contribution < 1.29 is 24.2 Å². The monoisotopic (exact) mass is 393 g/mol. The molecule has 0 bridgehead atoms. The second kappa shape index (κ2) is 14.8. The maximum Gasteiger partial charge on any atom is 0.513 e. The van der Waals surface area contributed by atoms with Crippen molar-refractivity contribution in [1.82, 2.24) is 0 Å². The first-order valence-electron chi connectivity index (χ1n) is 10.5. The van der Waals surface area contributed by atoms with Crippen molar-refractivity contribution in [3.63, 3.8) is 0 Å². The van der Waals surface area contributed by atoms with E-state index in [0.29, 0.717) is 0 Å². The molecule has 6 heteroatoms. The van der Waals surface area contributed by atoms with Gasteiger partial charge in [0.1, 0.15) is 11.3 Å². The summed E-state index contributed by atoms with van der Waals surface area (Å²) in [5.41, 5.74) is 5.67. The van der Waals surface area contributed by atoms with Crippen LogP contribution in [0.4, 0.5) is 10.5 Å². The number of benzene rings is 1. The standard InChI is InChI=1S/C22H35NO5/c1-2-3-4-5-6-7-8-9-10-11-12-13-16-27-22(26)28-20-15-14-18(23)17-19(20)21(24)25/h14-15,17H,2-13,16,23H2,1H3,(H,24,25). The lowest BCUT2D eigenvalue weighted by Gasteiger charge is -2.09. The largest absolute Gasteiger partial charge is 0.513 e. The number of carboxylic acid groups (broad SMARTS) is 1. The molecule has 0 amide bonds. The van der Waals surface area contributed by atoms with E-state index in [1.165, 1.54) is 76.0 Å². The van der Waals surface area contributed by atoms with Crippen molar-refractivity contribution in [3.8, 4) is 5.75 Å². The molecule has 6 nitrogen and oxygen atoms in total. The number of nitrogens with two attached hydrogens (primary N) is 1. The van der Waals surface area contributed by atoms with Gasteiger partial charge < -0.3 is 20.3 Å². The fourth-order valence-electron chi connectivity index (χ4n) is 3.02. The molecule has 1 rings (SSSR count). The predicted octanol–water partition coefficient (Wildman–Crippen LogP) is 6.18. The molecule has 0 saturated heterocycles. The van der Waals surface area contributed by atoms with Gasteiger partial charge in [-0.15, -0.1) is 0 Å². The van der Waals surface area contributed by atoms with Crippen molar-refractivity contribution in [3.05, 3.63) is 23.8 Å². The van der Waals surface area contributed by atoms with Crippen molar-refractivity contribution in [2.24, 2.45) is 0 Å².